The van der Waals surface area contributed by atoms with Gasteiger partial charge in [0.25, 0.3) is 0 Å². The van der Waals surface area contributed by atoms with Crippen molar-refractivity contribution in [3.8, 4) is 0 Å². The van der Waals surface area contributed by atoms with Gasteiger partial charge in [-0.1, -0.05) is 0 Å². The molecule has 0 aromatic heterocycles. The smallest absolute Gasteiger partial charge is 0.379 e. The third kappa shape index (κ3) is 8.39. The van der Waals surface area contributed by atoms with Crippen LogP contribution in [0.1, 0.15) is 12.8 Å². The van der Waals surface area contributed by atoms with Crippen molar-refractivity contribution < 1.29 is 26.3 Å². The van der Waals surface area contributed by atoms with Crippen molar-refractivity contribution in [2.45, 2.75) is 12.8 Å². The molecule has 0 bridgehead atoms. The molecule has 2 aliphatic heterocycles. The molecule has 2 saturated heterocycles. The van der Waals surface area contributed by atoms with E-state index in [-0.39, 0.29) is 13.2 Å². The van der Waals surface area contributed by atoms with E-state index in [1.54, 1.807) is 0 Å². The molecule has 2 aliphatic rings. The third-order valence-electron chi connectivity index (χ3n) is 3.90. The summed E-state index contributed by atoms with van der Waals surface area (Å²) in [6.07, 6.45) is 1.33. The van der Waals surface area contributed by atoms with Crippen molar-refractivity contribution in [1.29, 1.82) is 0 Å². The molecule has 2 rings (SSSR count). The number of nitrogens with zero attached hydrogens (tertiary/aromatic N) is 2. The molecule has 0 aromatic carbocycles. The molecule has 0 atom stereocenters. The Balaban J connectivity index is 1.48. The fraction of sp³-hybridized carbons (Fsp3) is 1.00. The van der Waals surface area contributed by atoms with Crippen LogP contribution in [-0.2, 0) is 28.2 Å². The van der Waals surface area contributed by atoms with Gasteiger partial charge < -0.3 is 9.47 Å². The maximum absolute atomic E-state index is 11.6. The molecule has 0 N–H and O–H groups in total. The predicted octanol–water partition coefficient (Wildman–Crippen LogP) is -0.291. The van der Waals surface area contributed by atoms with Gasteiger partial charge in [-0.15, -0.1) is 0 Å². The van der Waals surface area contributed by atoms with Gasteiger partial charge in [-0.05, 0) is 12.8 Å². The summed E-state index contributed by atoms with van der Waals surface area (Å²) >= 11 is 0. The predicted molar refractivity (Wildman–Crippen MR) is 84.6 cm³/mol. The quantitative estimate of drug-likeness (QED) is 0.497. The SMILES string of the molecule is O=S(=O)(OCCCN1CCOCC1)OCCCN1CCOCC1. The standard InChI is InChI=1S/C14H28N2O6S/c17-23(18,21-9-1-3-15-5-11-19-12-6-15)22-10-2-4-16-7-13-20-14-8-16/h1-14H2. The molecule has 136 valence electrons. The minimum Gasteiger partial charge on any atom is -0.379 e. The molecule has 0 spiro atoms. The largest absolute Gasteiger partial charge is 0.399 e. The Hall–Kier alpha value is -0.290. The molecule has 0 aliphatic carbocycles. The van der Waals surface area contributed by atoms with E-state index in [4.69, 9.17) is 17.8 Å². The number of hydrogen-bond donors (Lipinski definition) is 0. The van der Waals surface area contributed by atoms with E-state index in [1.165, 1.54) is 0 Å². The highest BCUT2D eigenvalue weighted by atomic mass is 32.3. The average molecular weight is 352 g/mol. The Kier molecular flexibility index (Phi) is 8.73. The molecule has 2 heterocycles. The van der Waals surface area contributed by atoms with Crippen LogP contribution < -0.4 is 0 Å². The topological polar surface area (TPSA) is 77.5 Å². The van der Waals surface area contributed by atoms with Crippen LogP contribution in [0.25, 0.3) is 0 Å². The lowest BCUT2D eigenvalue weighted by molar-refractivity contribution is 0.0345. The van der Waals surface area contributed by atoms with E-state index < -0.39 is 10.4 Å². The van der Waals surface area contributed by atoms with Crippen LogP contribution in [0.4, 0.5) is 0 Å². The van der Waals surface area contributed by atoms with Crippen LogP contribution in [0.3, 0.4) is 0 Å². The summed E-state index contributed by atoms with van der Waals surface area (Å²) in [5.41, 5.74) is 0. The molecule has 23 heavy (non-hydrogen) atoms. The lowest BCUT2D eigenvalue weighted by atomic mass is 10.3. The second kappa shape index (κ2) is 10.5. The van der Waals surface area contributed by atoms with Crippen molar-refractivity contribution in [2.75, 3.05) is 78.9 Å². The van der Waals surface area contributed by atoms with Crippen LogP contribution in [-0.4, -0.2) is 97.1 Å². The zero-order valence-electron chi connectivity index (χ0n) is 13.7. The first kappa shape index (κ1) is 19.0. The van der Waals surface area contributed by atoms with Crippen molar-refractivity contribution >= 4 is 10.4 Å². The monoisotopic (exact) mass is 352 g/mol. The van der Waals surface area contributed by atoms with Crippen LogP contribution in [0, 0.1) is 0 Å². The van der Waals surface area contributed by atoms with Crippen molar-refractivity contribution in [3.63, 3.8) is 0 Å². The first-order chi connectivity index (χ1) is 11.2. The number of ether oxygens (including phenoxy) is 2. The van der Waals surface area contributed by atoms with Gasteiger partial charge >= 0.3 is 10.4 Å². The minimum atomic E-state index is -3.87. The van der Waals surface area contributed by atoms with Gasteiger partial charge in [-0.2, -0.15) is 8.42 Å². The maximum atomic E-state index is 11.6. The molecule has 0 amide bonds. The van der Waals surface area contributed by atoms with Gasteiger partial charge in [-0.25, -0.2) is 8.37 Å². The van der Waals surface area contributed by atoms with Gasteiger partial charge in [0, 0.05) is 39.3 Å². The highest BCUT2D eigenvalue weighted by Gasteiger charge is 2.15. The molecule has 9 heteroatoms. The Morgan fingerprint density at radius 3 is 1.52 bits per heavy atom. The lowest BCUT2D eigenvalue weighted by Gasteiger charge is -2.26. The molecular weight excluding hydrogens is 324 g/mol. The first-order valence-electron chi connectivity index (χ1n) is 8.30. The fourth-order valence-electron chi connectivity index (χ4n) is 2.58. The molecule has 8 nitrogen and oxygen atoms in total. The van der Waals surface area contributed by atoms with E-state index in [1.807, 2.05) is 0 Å². The summed E-state index contributed by atoms with van der Waals surface area (Å²) in [6, 6.07) is 0. The first-order valence-corrected chi connectivity index (χ1v) is 9.63. The molecule has 0 radical (unpaired) electrons. The van der Waals surface area contributed by atoms with Gasteiger partial charge in [0.1, 0.15) is 0 Å². The van der Waals surface area contributed by atoms with Crippen molar-refractivity contribution in [2.24, 2.45) is 0 Å². The average Bonchev–Trinajstić information content (AvgIpc) is 2.58. The van der Waals surface area contributed by atoms with E-state index >= 15 is 0 Å². The van der Waals surface area contributed by atoms with E-state index in [0.29, 0.717) is 12.8 Å². The summed E-state index contributed by atoms with van der Waals surface area (Å²) in [4.78, 5) is 4.48. The van der Waals surface area contributed by atoms with Gasteiger partial charge in [0.15, 0.2) is 0 Å². The molecule has 0 unspecified atom stereocenters. The number of rotatable bonds is 10. The summed E-state index contributed by atoms with van der Waals surface area (Å²) < 4.78 is 43.5. The maximum Gasteiger partial charge on any atom is 0.399 e. The number of morpholine rings is 2. The van der Waals surface area contributed by atoms with Crippen molar-refractivity contribution in [1.82, 2.24) is 9.80 Å². The Labute approximate surface area is 138 Å². The molecule has 0 aromatic rings. The second-order valence-corrected chi connectivity index (χ2v) is 6.96. The van der Waals surface area contributed by atoms with Gasteiger partial charge in [0.05, 0.1) is 39.6 Å². The van der Waals surface area contributed by atoms with Crippen LogP contribution in [0.2, 0.25) is 0 Å². The van der Waals surface area contributed by atoms with Crippen molar-refractivity contribution in [3.05, 3.63) is 0 Å². The van der Waals surface area contributed by atoms with Gasteiger partial charge in [0.2, 0.25) is 0 Å². The summed E-state index contributed by atoms with van der Waals surface area (Å²) in [7, 11) is -3.87. The van der Waals surface area contributed by atoms with E-state index in [2.05, 4.69) is 9.80 Å². The van der Waals surface area contributed by atoms with Gasteiger partial charge in [-0.3, -0.25) is 9.80 Å². The van der Waals surface area contributed by atoms with E-state index in [9.17, 15) is 8.42 Å². The number of hydrogen-bond acceptors (Lipinski definition) is 8. The Morgan fingerprint density at radius 2 is 1.13 bits per heavy atom. The highest BCUT2D eigenvalue weighted by molar-refractivity contribution is 7.81. The lowest BCUT2D eigenvalue weighted by Crippen LogP contribution is -2.37. The highest BCUT2D eigenvalue weighted by Crippen LogP contribution is 2.03. The Bertz CT molecular complexity index is 375. The summed E-state index contributed by atoms with van der Waals surface area (Å²) in [5.74, 6) is 0. The summed E-state index contributed by atoms with van der Waals surface area (Å²) in [6.45, 7) is 8.48. The normalized spacial score (nSPS) is 21.6. The Morgan fingerprint density at radius 1 is 0.739 bits per heavy atom. The minimum absolute atomic E-state index is 0.156. The molecule has 0 saturated carbocycles. The van der Waals surface area contributed by atoms with E-state index in [0.717, 1.165) is 65.7 Å². The zero-order valence-corrected chi connectivity index (χ0v) is 14.5. The molecular formula is C14H28N2O6S. The molecule has 2 fully saturated rings. The third-order valence-corrected chi connectivity index (χ3v) is 4.81. The van der Waals surface area contributed by atoms with Crippen LogP contribution in [0.5, 0.6) is 0 Å². The fourth-order valence-corrected chi connectivity index (χ4v) is 3.29. The van der Waals surface area contributed by atoms with Crippen LogP contribution in [0.15, 0.2) is 0 Å². The summed E-state index contributed by atoms with van der Waals surface area (Å²) in [5, 5.41) is 0. The van der Waals surface area contributed by atoms with Crippen LogP contribution >= 0.6 is 0 Å². The second-order valence-electron chi connectivity index (χ2n) is 5.67. The zero-order chi connectivity index (χ0) is 16.4.